The van der Waals surface area contributed by atoms with E-state index in [0.717, 1.165) is 38.5 Å². The third-order valence-electron chi connectivity index (χ3n) is 4.33. The van der Waals surface area contributed by atoms with Crippen molar-refractivity contribution < 1.29 is 19.8 Å². The Morgan fingerprint density at radius 1 is 1.23 bits per heavy atom. The first-order valence-electron chi connectivity index (χ1n) is 8.47. The molecule has 0 saturated heterocycles. The van der Waals surface area contributed by atoms with Crippen LogP contribution in [0.4, 0.5) is 4.79 Å². The molecule has 22 heavy (non-hydrogen) atoms. The maximum atomic E-state index is 11.8. The second kappa shape index (κ2) is 10.4. The molecule has 6 heteroatoms. The van der Waals surface area contributed by atoms with Gasteiger partial charge in [-0.25, -0.2) is 4.79 Å². The zero-order valence-electron chi connectivity index (χ0n) is 13.5. The van der Waals surface area contributed by atoms with E-state index in [0.29, 0.717) is 18.9 Å². The van der Waals surface area contributed by atoms with Crippen LogP contribution >= 0.6 is 0 Å². The van der Waals surface area contributed by atoms with Gasteiger partial charge in [-0.05, 0) is 18.8 Å². The Kier molecular flexibility index (Phi) is 8.89. The van der Waals surface area contributed by atoms with Crippen molar-refractivity contribution in [2.75, 3.05) is 6.54 Å². The Balaban J connectivity index is 2.46. The highest BCUT2D eigenvalue weighted by Gasteiger charge is 2.27. The van der Waals surface area contributed by atoms with E-state index >= 15 is 0 Å². The van der Waals surface area contributed by atoms with Gasteiger partial charge >= 0.3 is 6.09 Å². The van der Waals surface area contributed by atoms with E-state index < -0.39 is 18.2 Å². The molecule has 4 N–H and O–H groups in total. The SMILES string of the molecule is CCCCNC(=O)C[C@@H](O)[C@H](CC1CCCCC1)NC(=O)O. The van der Waals surface area contributed by atoms with E-state index in [1.165, 1.54) is 6.42 Å². The van der Waals surface area contributed by atoms with Crippen LogP contribution < -0.4 is 10.6 Å². The summed E-state index contributed by atoms with van der Waals surface area (Å²) in [4.78, 5) is 22.7. The molecule has 0 aromatic carbocycles. The van der Waals surface area contributed by atoms with Crippen LogP contribution in [0.25, 0.3) is 0 Å². The summed E-state index contributed by atoms with van der Waals surface area (Å²) in [5.74, 6) is 0.213. The minimum atomic E-state index is -1.15. The number of amides is 2. The molecule has 0 unspecified atom stereocenters. The Morgan fingerprint density at radius 3 is 2.50 bits per heavy atom. The number of aliphatic hydroxyl groups is 1. The van der Waals surface area contributed by atoms with E-state index in [1.807, 2.05) is 6.92 Å². The number of aliphatic hydroxyl groups excluding tert-OH is 1. The molecule has 128 valence electrons. The number of carbonyl (C=O) groups is 2. The second-order valence-electron chi connectivity index (χ2n) is 6.27. The van der Waals surface area contributed by atoms with Gasteiger partial charge in [-0.3, -0.25) is 4.79 Å². The summed E-state index contributed by atoms with van der Waals surface area (Å²) in [6, 6.07) is -0.572. The lowest BCUT2D eigenvalue weighted by molar-refractivity contribution is -0.123. The van der Waals surface area contributed by atoms with Gasteiger partial charge in [0, 0.05) is 6.54 Å². The Bertz CT molecular complexity index is 343. The summed E-state index contributed by atoms with van der Waals surface area (Å²) in [5.41, 5.74) is 0. The van der Waals surface area contributed by atoms with Crippen molar-refractivity contribution in [2.45, 2.75) is 76.9 Å². The Hall–Kier alpha value is -1.30. The molecule has 0 radical (unpaired) electrons. The molecule has 2 atom stereocenters. The maximum absolute atomic E-state index is 11.8. The third-order valence-corrected chi connectivity index (χ3v) is 4.33. The number of hydrogen-bond acceptors (Lipinski definition) is 3. The van der Waals surface area contributed by atoms with E-state index in [-0.39, 0.29) is 12.3 Å². The molecule has 0 aromatic heterocycles. The molecule has 2 amide bonds. The van der Waals surface area contributed by atoms with Gasteiger partial charge in [0.2, 0.25) is 5.91 Å². The van der Waals surface area contributed by atoms with Crippen LogP contribution in [0.2, 0.25) is 0 Å². The van der Waals surface area contributed by atoms with Gasteiger partial charge in [-0.1, -0.05) is 45.4 Å². The monoisotopic (exact) mass is 314 g/mol. The van der Waals surface area contributed by atoms with Gasteiger partial charge in [-0.2, -0.15) is 0 Å². The molecule has 1 aliphatic rings. The number of carboxylic acid groups (broad SMARTS) is 1. The standard InChI is InChI=1S/C16H30N2O4/c1-2-3-9-17-15(20)11-14(19)13(18-16(21)22)10-12-7-5-4-6-8-12/h12-14,18-19H,2-11H2,1H3,(H,17,20)(H,21,22)/t13-,14+/m0/s1. The van der Waals surface area contributed by atoms with Crippen LogP contribution in [-0.4, -0.2) is 40.9 Å². The predicted molar refractivity (Wildman–Crippen MR) is 84.7 cm³/mol. The average molecular weight is 314 g/mol. The van der Waals surface area contributed by atoms with Crippen molar-refractivity contribution in [3.63, 3.8) is 0 Å². The molecule has 0 aliphatic heterocycles. The molecule has 0 aromatic rings. The Morgan fingerprint density at radius 2 is 1.91 bits per heavy atom. The molecule has 1 rings (SSSR count). The van der Waals surface area contributed by atoms with Crippen molar-refractivity contribution in [1.82, 2.24) is 10.6 Å². The Labute approximate surface area is 132 Å². The van der Waals surface area contributed by atoms with E-state index in [4.69, 9.17) is 5.11 Å². The molecule has 0 bridgehead atoms. The quantitative estimate of drug-likeness (QED) is 0.491. The van der Waals surface area contributed by atoms with Crippen molar-refractivity contribution in [3.8, 4) is 0 Å². The number of hydrogen-bond donors (Lipinski definition) is 4. The van der Waals surface area contributed by atoms with E-state index in [2.05, 4.69) is 10.6 Å². The summed E-state index contributed by atoms with van der Waals surface area (Å²) in [5, 5.41) is 24.3. The first kappa shape index (κ1) is 18.7. The smallest absolute Gasteiger partial charge is 0.404 e. The van der Waals surface area contributed by atoms with Gasteiger partial charge < -0.3 is 20.8 Å². The van der Waals surface area contributed by atoms with Gasteiger partial charge in [0.1, 0.15) is 0 Å². The number of nitrogens with one attached hydrogen (secondary N) is 2. The lowest BCUT2D eigenvalue weighted by atomic mass is 9.83. The van der Waals surface area contributed by atoms with Gasteiger partial charge in [-0.15, -0.1) is 0 Å². The lowest BCUT2D eigenvalue weighted by Crippen LogP contribution is -2.46. The third kappa shape index (κ3) is 7.64. The lowest BCUT2D eigenvalue weighted by Gasteiger charge is -2.29. The summed E-state index contributed by atoms with van der Waals surface area (Å²) < 4.78 is 0. The molecule has 1 saturated carbocycles. The molecular weight excluding hydrogens is 284 g/mol. The van der Waals surface area contributed by atoms with Gasteiger partial charge in [0.25, 0.3) is 0 Å². The minimum Gasteiger partial charge on any atom is -0.465 e. The highest BCUT2D eigenvalue weighted by Crippen LogP contribution is 2.28. The fraction of sp³-hybridized carbons (Fsp3) is 0.875. The van der Waals surface area contributed by atoms with Crippen LogP contribution in [0, 0.1) is 5.92 Å². The topological polar surface area (TPSA) is 98.7 Å². The van der Waals surface area contributed by atoms with E-state index in [9.17, 15) is 14.7 Å². The highest BCUT2D eigenvalue weighted by molar-refractivity contribution is 5.76. The fourth-order valence-electron chi connectivity index (χ4n) is 3.06. The van der Waals surface area contributed by atoms with Crippen LogP contribution in [0.15, 0.2) is 0 Å². The molecule has 0 spiro atoms. The molecule has 1 fully saturated rings. The second-order valence-corrected chi connectivity index (χ2v) is 6.27. The maximum Gasteiger partial charge on any atom is 0.404 e. The summed E-state index contributed by atoms with van der Waals surface area (Å²) in [7, 11) is 0. The fourth-order valence-corrected chi connectivity index (χ4v) is 3.06. The summed E-state index contributed by atoms with van der Waals surface area (Å²) >= 11 is 0. The summed E-state index contributed by atoms with van der Waals surface area (Å²) in [6.07, 6.45) is 6.05. The van der Waals surface area contributed by atoms with Crippen LogP contribution in [0.5, 0.6) is 0 Å². The van der Waals surface area contributed by atoms with Crippen LogP contribution in [0.1, 0.15) is 64.7 Å². The van der Waals surface area contributed by atoms with Gasteiger partial charge in [0.15, 0.2) is 0 Å². The first-order chi connectivity index (χ1) is 10.5. The predicted octanol–water partition coefficient (Wildman–Crippen LogP) is 2.26. The molecule has 0 heterocycles. The van der Waals surface area contributed by atoms with Crippen LogP contribution in [0.3, 0.4) is 0 Å². The molecular formula is C16H30N2O4. The van der Waals surface area contributed by atoms with Crippen molar-refractivity contribution in [2.24, 2.45) is 5.92 Å². The molecule has 6 nitrogen and oxygen atoms in total. The zero-order chi connectivity index (χ0) is 16.4. The van der Waals surface area contributed by atoms with Crippen molar-refractivity contribution in [3.05, 3.63) is 0 Å². The summed E-state index contributed by atoms with van der Waals surface area (Å²) in [6.45, 7) is 2.64. The number of unbranched alkanes of at least 4 members (excludes halogenated alkanes) is 1. The van der Waals surface area contributed by atoms with Crippen molar-refractivity contribution >= 4 is 12.0 Å². The van der Waals surface area contributed by atoms with Gasteiger partial charge in [0.05, 0.1) is 18.6 Å². The largest absolute Gasteiger partial charge is 0.465 e. The normalized spacial score (nSPS) is 18.5. The molecule has 1 aliphatic carbocycles. The highest BCUT2D eigenvalue weighted by atomic mass is 16.4. The van der Waals surface area contributed by atoms with Crippen molar-refractivity contribution in [1.29, 1.82) is 0 Å². The van der Waals surface area contributed by atoms with E-state index in [1.54, 1.807) is 0 Å². The number of rotatable bonds is 9. The van der Waals surface area contributed by atoms with Crippen LogP contribution in [-0.2, 0) is 4.79 Å². The first-order valence-corrected chi connectivity index (χ1v) is 8.47. The number of carbonyl (C=O) groups excluding carboxylic acids is 1. The zero-order valence-corrected chi connectivity index (χ0v) is 13.5. The average Bonchev–Trinajstić information content (AvgIpc) is 2.47. The minimum absolute atomic E-state index is 0.0542.